The molecule has 0 aliphatic heterocycles. The fourth-order valence-electron chi connectivity index (χ4n) is 1.84. The van der Waals surface area contributed by atoms with Gasteiger partial charge in [-0.2, -0.15) is 5.26 Å². The first kappa shape index (κ1) is 13.9. The molecule has 0 aliphatic carbocycles. The monoisotopic (exact) mass is 270 g/mol. The number of anilines is 1. The van der Waals surface area contributed by atoms with Crippen LogP contribution < -0.4 is 10.1 Å². The smallest absolute Gasteiger partial charge is 0.143 e. The van der Waals surface area contributed by atoms with Gasteiger partial charge in [0.05, 0.1) is 5.69 Å². The van der Waals surface area contributed by atoms with Crippen LogP contribution in [0, 0.1) is 24.1 Å². The van der Waals surface area contributed by atoms with E-state index in [1.807, 2.05) is 37.3 Å². The van der Waals surface area contributed by atoms with Crippen molar-refractivity contribution in [1.29, 1.82) is 5.26 Å². The quantitative estimate of drug-likeness (QED) is 0.846. The van der Waals surface area contributed by atoms with E-state index in [0.717, 1.165) is 11.3 Å². The van der Waals surface area contributed by atoms with Gasteiger partial charge in [0.2, 0.25) is 0 Å². The SMILES string of the molecule is Cc1cccc(OCCNc2cccc(F)c2C#N)c1. The van der Waals surface area contributed by atoms with E-state index in [1.165, 1.54) is 6.07 Å². The van der Waals surface area contributed by atoms with Crippen molar-refractivity contribution in [1.82, 2.24) is 0 Å². The zero-order valence-electron chi connectivity index (χ0n) is 11.2. The van der Waals surface area contributed by atoms with Crippen molar-refractivity contribution in [3.05, 3.63) is 59.4 Å². The second-order valence-electron chi connectivity index (χ2n) is 4.37. The summed E-state index contributed by atoms with van der Waals surface area (Å²) in [5.41, 5.74) is 1.65. The summed E-state index contributed by atoms with van der Waals surface area (Å²) in [6.07, 6.45) is 0. The lowest BCUT2D eigenvalue weighted by molar-refractivity contribution is 0.332. The molecule has 2 aromatic carbocycles. The average molecular weight is 270 g/mol. The first-order chi connectivity index (χ1) is 9.70. The lowest BCUT2D eigenvalue weighted by Gasteiger charge is -2.10. The minimum Gasteiger partial charge on any atom is -0.492 e. The lowest BCUT2D eigenvalue weighted by Crippen LogP contribution is -2.12. The highest BCUT2D eigenvalue weighted by atomic mass is 19.1. The van der Waals surface area contributed by atoms with Gasteiger partial charge >= 0.3 is 0 Å². The Hall–Kier alpha value is -2.54. The zero-order valence-corrected chi connectivity index (χ0v) is 11.2. The number of nitrogens with zero attached hydrogens (tertiary/aromatic N) is 1. The van der Waals surface area contributed by atoms with Gasteiger partial charge in [0.1, 0.15) is 29.8 Å². The highest BCUT2D eigenvalue weighted by molar-refractivity contribution is 5.57. The molecule has 2 aromatic rings. The average Bonchev–Trinajstić information content (AvgIpc) is 2.44. The third-order valence-corrected chi connectivity index (χ3v) is 2.80. The molecular formula is C16H15FN2O. The van der Waals surface area contributed by atoms with Crippen LogP contribution in [0.2, 0.25) is 0 Å². The summed E-state index contributed by atoms with van der Waals surface area (Å²) in [5, 5.41) is 11.9. The third kappa shape index (κ3) is 3.48. The Balaban J connectivity index is 1.88. The summed E-state index contributed by atoms with van der Waals surface area (Å²) in [6, 6.07) is 14.1. The van der Waals surface area contributed by atoms with Crippen LogP contribution in [-0.2, 0) is 0 Å². The van der Waals surface area contributed by atoms with Gasteiger partial charge in [-0.3, -0.25) is 0 Å². The van der Waals surface area contributed by atoms with E-state index in [4.69, 9.17) is 10.00 Å². The summed E-state index contributed by atoms with van der Waals surface area (Å²) >= 11 is 0. The fourth-order valence-corrected chi connectivity index (χ4v) is 1.84. The molecule has 0 heterocycles. The van der Waals surface area contributed by atoms with Crippen molar-refractivity contribution in [2.75, 3.05) is 18.5 Å². The van der Waals surface area contributed by atoms with E-state index in [2.05, 4.69) is 5.32 Å². The normalized spacial score (nSPS) is 9.85. The van der Waals surface area contributed by atoms with Gasteiger partial charge in [-0.1, -0.05) is 18.2 Å². The second kappa shape index (κ2) is 6.58. The van der Waals surface area contributed by atoms with Gasteiger partial charge in [-0.15, -0.1) is 0 Å². The minimum atomic E-state index is -0.517. The largest absolute Gasteiger partial charge is 0.492 e. The first-order valence-electron chi connectivity index (χ1n) is 6.32. The van der Waals surface area contributed by atoms with Crippen molar-refractivity contribution < 1.29 is 9.13 Å². The van der Waals surface area contributed by atoms with E-state index < -0.39 is 5.82 Å². The molecular weight excluding hydrogens is 255 g/mol. The summed E-state index contributed by atoms with van der Waals surface area (Å²) in [4.78, 5) is 0. The highest BCUT2D eigenvalue weighted by Crippen LogP contribution is 2.17. The summed E-state index contributed by atoms with van der Waals surface area (Å²) in [6.45, 7) is 2.92. The molecule has 0 fully saturated rings. The standard InChI is InChI=1S/C16H15FN2O/c1-12-4-2-5-13(10-12)20-9-8-19-16-7-3-6-15(17)14(16)11-18/h2-7,10,19H,8-9H2,1H3. The summed E-state index contributed by atoms with van der Waals surface area (Å²) in [5.74, 6) is 0.281. The Morgan fingerprint density at radius 2 is 2.05 bits per heavy atom. The summed E-state index contributed by atoms with van der Waals surface area (Å²) < 4.78 is 18.9. The molecule has 2 rings (SSSR count). The van der Waals surface area contributed by atoms with Gasteiger partial charge in [0.25, 0.3) is 0 Å². The molecule has 102 valence electrons. The van der Waals surface area contributed by atoms with Crippen LogP contribution in [0.5, 0.6) is 5.75 Å². The molecule has 4 heteroatoms. The number of hydrogen-bond donors (Lipinski definition) is 1. The van der Waals surface area contributed by atoms with Crippen molar-refractivity contribution in [3.63, 3.8) is 0 Å². The molecule has 1 N–H and O–H groups in total. The van der Waals surface area contributed by atoms with Gasteiger partial charge in [0, 0.05) is 6.54 Å². The predicted molar refractivity (Wildman–Crippen MR) is 76.3 cm³/mol. The number of halogens is 1. The second-order valence-corrected chi connectivity index (χ2v) is 4.37. The Labute approximate surface area is 117 Å². The van der Waals surface area contributed by atoms with E-state index in [0.29, 0.717) is 18.8 Å². The van der Waals surface area contributed by atoms with E-state index in [1.54, 1.807) is 12.1 Å². The number of nitriles is 1. The topological polar surface area (TPSA) is 45.0 Å². The van der Waals surface area contributed by atoms with Crippen molar-refractivity contribution >= 4 is 5.69 Å². The Morgan fingerprint density at radius 3 is 2.80 bits per heavy atom. The first-order valence-corrected chi connectivity index (χ1v) is 6.32. The molecule has 0 spiro atoms. The molecule has 0 radical (unpaired) electrons. The van der Waals surface area contributed by atoms with Crippen molar-refractivity contribution in [3.8, 4) is 11.8 Å². The van der Waals surface area contributed by atoms with Gasteiger partial charge < -0.3 is 10.1 Å². The molecule has 0 aromatic heterocycles. The Bertz CT molecular complexity index is 635. The fraction of sp³-hybridized carbons (Fsp3) is 0.188. The minimum absolute atomic E-state index is 0.0306. The maximum Gasteiger partial charge on any atom is 0.143 e. The number of hydrogen-bond acceptors (Lipinski definition) is 3. The molecule has 0 saturated heterocycles. The van der Waals surface area contributed by atoms with Crippen LogP contribution >= 0.6 is 0 Å². The number of rotatable bonds is 5. The van der Waals surface area contributed by atoms with Crippen LogP contribution in [0.15, 0.2) is 42.5 Å². The van der Waals surface area contributed by atoms with Crippen LogP contribution in [0.25, 0.3) is 0 Å². The van der Waals surface area contributed by atoms with Gasteiger partial charge in [-0.25, -0.2) is 4.39 Å². The lowest BCUT2D eigenvalue weighted by atomic mass is 10.2. The van der Waals surface area contributed by atoms with Gasteiger partial charge in [-0.05, 0) is 36.8 Å². The molecule has 0 aliphatic rings. The van der Waals surface area contributed by atoms with E-state index in [-0.39, 0.29) is 5.56 Å². The molecule has 0 amide bonds. The number of benzene rings is 2. The molecule has 3 nitrogen and oxygen atoms in total. The number of aryl methyl sites for hydroxylation is 1. The molecule has 20 heavy (non-hydrogen) atoms. The van der Waals surface area contributed by atoms with Gasteiger partial charge in [0.15, 0.2) is 0 Å². The number of ether oxygens (including phenoxy) is 1. The molecule has 0 atom stereocenters. The van der Waals surface area contributed by atoms with Crippen LogP contribution in [-0.4, -0.2) is 13.2 Å². The molecule has 0 saturated carbocycles. The highest BCUT2D eigenvalue weighted by Gasteiger charge is 2.06. The molecule has 0 bridgehead atoms. The number of nitrogens with one attached hydrogen (secondary N) is 1. The maximum atomic E-state index is 13.4. The van der Waals surface area contributed by atoms with Crippen molar-refractivity contribution in [2.24, 2.45) is 0 Å². The maximum absolute atomic E-state index is 13.4. The van der Waals surface area contributed by atoms with E-state index in [9.17, 15) is 4.39 Å². The predicted octanol–water partition coefficient (Wildman–Crippen LogP) is 3.50. The van der Waals surface area contributed by atoms with Crippen molar-refractivity contribution in [2.45, 2.75) is 6.92 Å². The van der Waals surface area contributed by atoms with Crippen LogP contribution in [0.4, 0.5) is 10.1 Å². The third-order valence-electron chi connectivity index (χ3n) is 2.80. The Morgan fingerprint density at radius 1 is 1.25 bits per heavy atom. The molecule has 0 unspecified atom stereocenters. The van der Waals surface area contributed by atoms with Crippen LogP contribution in [0.3, 0.4) is 0 Å². The van der Waals surface area contributed by atoms with Crippen LogP contribution in [0.1, 0.15) is 11.1 Å². The van der Waals surface area contributed by atoms with E-state index >= 15 is 0 Å². The zero-order chi connectivity index (χ0) is 14.4. The summed E-state index contributed by atoms with van der Waals surface area (Å²) in [7, 11) is 0. The Kier molecular flexibility index (Phi) is 4.56.